The Morgan fingerprint density at radius 3 is 2.39 bits per heavy atom. The van der Waals surface area contributed by atoms with Gasteiger partial charge in [0, 0.05) is 5.56 Å². The number of aromatic nitrogens is 1. The van der Waals surface area contributed by atoms with E-state index < -0.39 is 17.8 Å². The molecule has 0 radical (unpaired) electrons. The Morgan fingerprint density at radius 1 is 1.02 bits per heavy atom. The highest BCUT2D eigenvalue weighted by atomic mass is 35.5. The second kappa shape index (κ2) is 13.6. The summed E-state index contributed by atoms with van der Waals surface area (Å²) < 4.78 is 32.9. The summed E-state index contributed by atoms with van der Waals surface area (Å²) in [6.45, 7) is 2.13. The molecule has 1 aliphatic heterocycles. The minimum absolute atomic E-state index is 0.124. The molecule has 0 fully saturated rings. The summed E-state index contributed by atoms with van der Waals surface area (Å²) in [6, 6.07) is 27.1. The first-order valence-corrected chi connectivity index (χ1v) is 15.7. The molecule has 0 amide bonds. The molecule has 0 N–H and O–H groups in total. The van der Waals surface area contributed by atoms with Crippen molar-refractivity contribution >= 4 is 40.7 Å². The highest BCUT2D eigenvalue weighted by molar-refractivity contribution is 7.07. The molecule has 6 rings (SSSR count). The Bertz CT molecular complexity index is 2110. The molecule has 0 saturated carbocycles. The molecule has 46 heavy (non-hydrogen) atoms. The van der Waals surface area contributed by atoms with Gasteiger partial charge in [-0.05, 0) is 54.0 Å². The van der Waals surface area contributed by atoms with Crippen molar-refractivity contribution in [2.24, 2.45) is 4.99 Å². The maximum atomic E-state index is 14.1. The van der Waals surface area contributed by atoms with Gasteiger partial charge in [-0.15, -0.1) is 0 Å². The smallest absolute Gasteiger partial charge is 0.338 e. The zero-order valence-electron chi connectivity index (χ0n) is 24.9. The fourth-order valence-electron chi connectivity index (χ4n) is 5.25. The van der Waals surface area contributed by atoms with Crippen molar-refractivity contribution in [3.05, 3.63) is 155 Å². The summed E-state index contributed by atoms with van der Waals surface area (Å²) in [7, 11) is 1.52. The molecule has 5 aromatic rings. The number of ether oxygens (including phenoxy) is 3. The fourth-order valence-corrected chi connectivity index (χ4v) is 6.52. The number of carbonyl (C=O) groups is 1. The van der Waals surface area contributed by atoms with Gasteiger partial charge in [0.2, 0.25) is 0 Å². The second-order valence-electron chi connectivity index (χ2n) is 10.3. The van der Waals surface area contributed by atoms with Crippen LogP contribution in [0.4, 0.5) is 4.39 Å². The number of hydrogen-bond donors (Lipinski definition) is 0. The van der Waals surface area contributed by atoms with Crippen molar-refractivity contribution in [2.75, 3.05) is 13.7 Å². The molecular weight excluding hydrogens is 627 g/mol. The molecular formula is C36H28ClFN2O5S. The number of benzene rings is 4. The number of nitrogens with zero attached hydrogens (tertiary/aromatic N) is 2. The second-order valence-corrected chi connectivity index (χ2v) is 11.7. The van der Waals surface area contributed by atoms with Gasteiger partial charge < -0.3 is 14.2 Å². The first kappa shape index (κ1) is 31.0. The molecule has 1 aliphatic rings. The van der Waals surface area contributed by atoms with Crippen LogP contribution in [0.25, 0.3) is 11.8 Å². The molecule has 0 bridgehead atoms. The van der Waals surface area contributed by atoms with Crippen LogP contribution in [0.3, 0.4) is 0 Å². The predicted molar refractivity (Wildman–Crippen MR) is 176 cm³/mol. The van der Waals surface area contributed by atoms with Crippen molar-refractivity contribution in [3.63, 3.8) is 0 Å². The number of fused-ring (bicyclic) bond motifs is 1. The SMILES string of the molecule is CCOC(=O)C1=C(c2ccccc2)N=c2s/c(=C\c3cc(Cl)c(OCc4ccccc4)c(OC)c3)c(=O)n2[C@@H]1c1ccc(F)cc1. The Hall–Kier alpha value is -4.99. The molecule has 2 heterocycles. The van der Waals surface area contributed by atoms with Crippen molar-refractivity contribution in [2.45, 2.75) is 19.6 Å². The van der Waals surface area contributed by atoms with Crippen molar-refractivity contribution in [1.82, 2.24) is 4.57 Å². The van der Waals surface area contributed by atoms with Crippen LogP contribution in [-0.2, 0) is 16.1 Å². The van der Waals surface area contributed by atoms with E-state index in [0.717, 1.165) is 5.56 Å². The van der Waals surface area contributed by atoms with Crippen LogP contribution in [-0.4, -0.2) is 24.3 Å². The molecule has 232 valence electrons. The van der Waals surface area contributed by atoms with Gasteiger partial charge in [0.05, 0.1) is 40.6 Å². The Morgan fingerprint density at radius 2 is 1.72 bits per heavy atom. The lowest BCUT2D eigenvalue weighted by molar-refractivity contribution is -0.138. The van der Waals surface area contributed by atoms with E-state index in [0.29, 0.717) is 54.8 Å². The van der Waals surface area contributed by atoms with E-state index in [1.165, 1.54) is 35.1 Å². The first-order chi connectivity index (χ1) is 22.4. The summed E-state index contributed by atoms with van der Waals surface area (Å²) in [5, 5.41) is 0.314. The average molecular weight is 655 g/mol. The third-order valence-electron chi connectivity index (χ3n) is 7.33. The first-order valence-electron chi connectivity index (χ1n) is 14.5. The minimum Gasteiger partial charge on any atom is -0.493 e. The van der Waals surface area contributed by atoms with Gasteiger partial charge in [0.1, 0.15) is 12.4 Å². The normalized spacial score (nSPS) is 14.4. The number of halogens is 2. The van der Waals surface area contributed by atoms with Crippen LogP contribution >= 0.6 is 22.9 Å². The van der Waals surface area contributed by atoms with E-state index in [2.05, 4.69) is 0 Å². The quantitative estimate of drug-likeness (QED) is 0.174. The molecule has 4 aromatic carbocycles. The van der Waals surface area contributed by atoms with E-state index in [1.807, 2.05) is 60.7 Å². The van der Waals surface area contributed by atoms with Crippen LogP contribution in [0.15, 0.2) is 112 Å². The van der Waals surface area contributed by atoms with Crippen LogP contribution in [0.1, 0.15) is 35.2 Å². The molecule has 0 saturated heterocycles. The van der Waals surface area contributed by atoms with E-state index >= 15 is 0 Å². The fraction of sp³-hybridized carbons (Fsp3) is 0.139. The molecule has 1 atom stereocenters. The van der Waals surface area contributed by atoms with Crippen molar-refractivity contribution in [1.29, 1.82) is 0 Å². The van der Waals surface area contributed by atoms with E-state index in [9.17, 15) is 14.0 Å². The van der Waals surface area contributed by atoms with E-state index in [-0.39, 0.29) is 17.7 Å². The van der Waals surface area contributed by atoms with Crippen molar-refractivity contribution < 1.29 is 23.4 Å². The lowest BCUT2D eigenvalue weighted by Gasteiger charge is -2.25. The van der Waals surface area contributed by atoms with Gasteiger partial charge in [0.15, 0.2) is 16.3 Å². The van der Waals surface area contributed by atoms with E-state index in [4.69, 9.17) is 30.8 Å². The van der Waals surface area contributed by atoms with Gasteiger partial charge in [-0.25, -0.2) is 14.2 Å². The Balaban J connectivity index is 1.50. The van der Waals surface area contributed by atoms with Gasteiger partial charge in [-0.1, -0.05) is 95.7 Å². The van der Waals surface area contributed by atoms with Gasteiger partial charge >= 0.3 is 5.97 Å². The Kier molecular flexibility index (Phi) is 9.14. The summed E-state index contributed by atoms with van der Waals surface area (Å²) in [6.07, 6.45) is 1.69. The zero-order chi connectivity index (χ0) is 32.2. The summed E-state index contributed by atoms with van der Waals surface area (Å²) in [5.41, 5.74) is 2.97. The highest BCUT2D eigenvalue weighted by Crippen LogP contribution is 2.38. The summed E-state index contributed by atoms with van der Waals surface area (Å²) in [5.74, 6) is -0.267. The summed E-state index contributed by atoms with van der Waals surface area (Å²) in [4.78, 5) is 32.9. The number of hydrogen-bond acceptors (Lipinski definition) is 7. The van der Waals surface area contributed by atoms with Crippen LogP contribution in [0, 0.1) is 5.82 Å². The number of thiazole rings is 1. The van der Waals surface area contributed by atoms with E-state index in [1.54, 1.807) is 37.3 Å². The third-order valence-corrected chi connectivity index (χ3v) is 8.60. The Labute approximate surface area is 273 Å². The van der Waals surface area contributed by atoms with Crippen LogP contribution < -0.4 is 24.4 Å². The molecule has 7 nitrogen and oxygen atoms in total. The number of carbonyl (C=O) groups excluding carboxylic acids is 1. The number of rotatable bonds is 9. The van der Waals surface area contributed by atoms with Gasteiger partial charge in [0.25, 0.3) is 5.56 Å². The third kappa shape index (κ3) is 6.24. The molecule has 10 heteroatoms. The minimum atomic E-state index is -0.917. The molecule has 0 spiro atoms. The maximum absolute atomic E-state index is 14.1. The molecule has 1 aromatic heterocycles. The van der Waals surface area contributed by atoms with Gasteiger partial charge in [-0.2, -0.15) is 0 Å². The molecule has 0 aliphatic carbocycles. The average Bonchev–Trinajstić information content (AvgIpc) is 3.38. The summed E-state index contributed by atoms with van der Waals surface area (Å²) >= 11 is 7.83. The van der Waals surface area contributed by atoms with Gasteiger partial charge in [-0.3, -0.25) is 9.36 Å². The lowest BCUT2D eigenvalue weighted by atomic mass is 9.93. The highest BCUT2D eigenvalue weighted by Gasteiger charge is 2.35. The topological polar surface area (TPSA) is 79.1 Å². The van der Waals surface area contributed by atoms with Crippen LogP contribution in [0.5, 0.6) is 11.5 Å². The number of methoxy groups -OCH3 is 1. The molecule has 0 unspecified atom stereocenters. The largest absolute Gasteiger partial charge is 0.493 e. The zero-order valence-corrected chi connectivity index (χ0v) is 26.5. The van der Waals surface area contributed by atoms with Crippen LogP contribution in [0.2, 0.25) is 5.02 Å². The maximum Gasteiger partial charge on any atom is 0.338 e. The predicted octanol–water partition coefficient (Wildman–Crippen LogP) is 6.32. The lowest BCUT2D eigenvalue weighted by Crippen LogP contribution is -2.40. The number of esters is 1. The van der Waals surface area contributed by atoms with Crippen molar-refractivity contribution in [3.8, 4) is 11.5 Å². The monoisotopic (exact) mass is 654 g/mol. The standard InChI is InChI=1S/C36H28ClFN2O5S/c1-3-44-35(42)30-31(24-12-8-5-9-13-24)39-36-40(32(30)25-14-16-26(38)17-15-25)34(41)29(46-36)20-23-18-27(37)33(28(19-23)43-2)45-21-22-10-6-4-7-11-22/h4-20,32H,3,21H2,1-2H3/b29-20-/t32-/m1/s1.